The van der Waals surface area contributed by atoms with Crippen LogP contribution in [0.25, 0.3) is 0 Å². The third-order valence-electron chi connectivity index (χ3n) is 2.64. The highest BCUT2D eigenvalue weighted by Crippen LogP contribution is 2.25. The largest absolute Gasteiger partial charge is 0.466 e. The van der Waals surface area contributed by atoms with Crippen LogP contribution in [0.4, 0.5) is 4.39 Å². The maximum absolute atomic E-state index is 13.7. The fourth-order valence-electron chi connectivity index (χ4n) is 1.63. The summed E-state index contributed by atoms with van der Waals surface area (Å²) in [6, 6.07) is 4.74. The summed E-state index contributed by atoms with van der Waals surface area (Å²) in [4.78, 5) is 11.8. The molecule has 0 aromatic heterocycles. The molecule has 0 saturated carbocycles. The predicted octanol–water partition coefficient (Wildman–Crippen LogP) is 3.89. The second-order valence-corrected chi connectivity index (χ2v) is 4.91. The van der Waals surface area contributed by atoms with E-state index >= 15 is 0 Å². The van der Waals surface area contributed by atoms with Crippen LogP contribution in [0.15, 0.2) is 34.8 Å². The summed E-state index contributed by atoms with van der Waals surface area (Å²) >= 11 is 3.29. The maximum atomic E-state index is 13.7. The van der Waals surface area contributed by atoms with E-state index in [9.17, 15) is 9.18 Å². The molecule has 1 atom stereocenters. The van der Waals surface area contributed by atoms with Crippen LogP contribution >= 0.6 is 15.9 Å². The van der Waals surface area contributed by atoms with Gasteiger partial charge in [0.2, 0.25) is 0 Å². The molecule has 1 unspecified atom stereocenters. The quantitative estimate of drug-likeness (QED) is 0.609. The number of hydrogen-bond donors (Lipinski definition) is 0. The van der Waals surface area contributed by atoms with Gasteiger partial charge in [-0.15, -0.1) is 0 Å². The summed E-state index contributed by atoms with van der Waals surface area (Å²) in [5.74, 6) is -1.21. The van der Waals surface area contributed by atoms with Crippen molar-refractivity contribution in [2.24, 2.45) is 5.92 Å². The van der Waals surface area contributed by atoms with Crippen LogP contribution < -0.4 is 0 Å². The standard InChI is InChI=1S/C14H16BrFO2/c1-4-18-14(17)10(9(2)3)8-11-12(15)6-5-7-13(11)16/h5-7,10H,2,4,8H2,1,3H3. The van der Waals surface area contributed by atoms with Crippen LogP contribution in [0.1, 0.15) is 19.4 Å². The molecule has 1 aromatic rings. The topological polar surface area (TPSA) is 26.3 Å². The third-order valence-corrected chi connectivity index (χ3v) is 3.38. The summed E-state index contributed by atoms with van der Waals surface area (Å²) < 4.78 is 19.3. The van der Waals surface area contributed by atoms with E-state index in [1.54, 1.807) is 26.0 Å². The van der Waals surface area contributed by atoms with Gasteiger partial charge in [0.25, 0.3) is 0 Å². The van der Waals surface area contributed by atoms with Crippen LogP contribution in [-0.2, 0) is 16.0 Å². The molecule has 0 heterocycles. The van der Waals surface area contributed by atoms with Crippen molar-refractivity contribution in [3.05, 3.63) is 46.2 Å². The molecular weight excluding hydrogens is 299 g/mol. The van der Waals surface area contributed by atoms with Gasteiger partial charge in [-0.1, -0.05) is 34.1 Å². The first-order chi connectivity index (χ1) is 8.47. The molecule has 18 heavy (non-hydrogen) atoms. The van der Waals surface area contributed by atoms with Crippen molar-refractivity contribution in [2.75, 3.05) is 6.61 Å². The Hall–Kier alpha value is -1.16. The van der Waals surface area contributed by atoms with Crippen LogP contribution in [0, 0.1) is 11.7 Å². The Morgan fingerprint density at radius 3 is 2.72 bits per heavy atom. The van der Waals surface area contributed by atoms with E-state index in [2.05, 4.69) is 22.5 Å². The van der Waals surface area contributed by atoms with Crippen molar-refractivity contribution in [1.29, 1.82) is 0 Å². The smallest absolute Gasteiger partial charge is 0.313 e. The van der Waals surface area contributed by atoms with Crippen LogP contribution in [0.3, 0.4) is 0 Å². The van der Waals surface area contributed by atoms with E-state index in [4.69, 9.17) is 4.74 Å². The van der Waals surface area contributed by atoms with Gasteiger partial charge in [-0.05, 0) is 32.4 Å². The van der Waals surface area contributed by atoms with Gasteiger partial charge in [0.1, 0.15) is 5.82 Å². The SMILES string of the molecule is C=C(C)C(Cc1c(F)cccc1Br)C(=O)OCC. The summed E-state index contributed by atoms with van der Waals surface area (Å²) in [5, 5.41) is 0. The summed E-state index contributed by atoms with van der Waals surface area (Å²) in [6.07, 6.45) is 0.251. The van der Waals surface area contributed by atoms with Crippen molar-refractivity contribution in [1.82, 2.24) is 0 Å². The molecule has 0 fully saturated rings. The van der Waals surface area contributed by atoms with E-state index in [0.717, 1.165) is 0 Å². The molecule has 0 aliphatic heterocycles. The second kappa shape index (κ2) is 6.69. The van der Waals surface area contributed by atoms with Gasteiger partial charge in [-0.2, -0.15) is 0 Å². The van der Waals surface area contributed by atoms with Crippen LogP contribution in [0.5, 0.6) is 0 Å². The van der Waals surface area contributed by atoms with Gasteiger partial charge >= 0.3 is 5.97 Å². The Kier molecular flexibility index (Phi) is 5.54. The van der Waals surface area contributed by atoms with Gasteiger partial charge in [-0.3, -0.25) is 4.79 Å². The number of carbonyl (C=O) groups is 1. The molecule has 0 N–H and O–H groups in total. The molecule has 0 amide bonds. The number of carbonyl (C=O) groups excluding carboxylic acids is 1. The van der Waals surface area contributed by atoms with Crippen molar-refractivity contribution in [3.63, 3.8) is 0 Å². The minimum Gasteiger partial charge on any atom is -0.466 e. The lowest BCUT2D eigenvalue weighted by Gasteiger charge is -2.16. The molecule has 1 aromatic carbocycles. The number of rotatable bonds is 5. The third kappa shape index (κ3) is 3.67. The molecule has 0 spiro atoms. The second-order valence-electron chi connectivity index (χ2n) is 4.06. The molecule has 0 aliphatic rings. The minimum atomic E-state index is -0.516. The minimum absolute atomic E-state index is 0.251. The molecule has 0 aliphatic carbocycles. The fraction of sp³-hybridized carbons (Fsp3) is 0.357. The van der Waals surface area contributed by atoms with Gasteiger partial charge in [0, 0.05) is 10.0 Å². The Morgan fingerprint density at radius 1 is 1.56 bits per heavy atom. The van der Waals surface area contributed by atoms with E-state index in [1.807, 2.05) is 0 Å². The normalized spacial score (nSPS) is 12.0. The van der Waals surface area contributed by atoms with Crippen molar-refractivity contribution < 1.29 is 13.9 Å². The van der Waals surface area contributed by atoms with E-state index in [0.29, 0.717) is 22.2 Å². The number of halogens is 2. The number of benzene rings is 1. The van der Waals surface area contributed by atoms with Crippen LogP contribution in [-0.4, -0.2) is 12.6 Å². The number of esters is 1. The number of ether oxygens (including phenoxy) is 1. The summed E-state index contributed by atoms with van der Waals surface area (Å²) in [7, 11) is 0. The Bertz CT molecular complexity index is 437. The molecule has 1 rings (SSSR count). The zero-order valence-electron chi connectivity index (χ0n) is 10.5. The van der Waals surface area contributed by atoms with Crippen molar-refractivity contribution in [3.8, 4) is 0 Å². The first-order valence-electron chi connectivity index (χ1n) is 5.72. The van der Waals surface area contributed by atoms with Gasteiger partial charge in [0.05, 0.1) is 12.5 Å². The number of hydrogen-bond acceptors (Lipinski definition) is 2. The van der Waals surface area contributed by atoms with Gasteiger partial charge < -0.3 is 4.74 Å². The first-order valence-corrected chi connectivity index (χ1v) is 6.51. The molecule has 2 nitrogen and oxygen atoms in total. The highest BCUT2D eigenvalue weighted by molar-refractivity contribution is 9.10. The van der Waals surface area contributed by atoms with Crippen molar-refractivity contribution >= 4 is 21.9 Å². The molecule has 0 saturated heterocycles. The Balaban J connectivity index is 2.97. The highest BCUT2D eigenvalue weighted by Gasteiger charge is 2.23. The van der Waals surface area contributed by atoms with Gasteiger partial charge in [-0.25, -0.2) is 4.39 Å². The first kappa shape index (κ1) is 14.9. The van der Waals surface area contributed by atoms with E-state index in [-0.39, 0.29) is 18.2 Å². The molecule has 98 valence electrons. The maximum Gasteiger partial charge on any atom is 0.313 e. The lowest BCUT2D eigenvalue weighted by atomic mass is 9.93. The zero-order chi connectivity index (χ0) is 13.7. The molecule has 0 radical (unpaired) electrons. The Labute approximate surface area is 115 Å². The lowest BCUT2D eigenvalue weighted by Crippen LogP contribution is -2.21. The average molecular weight is 315 g/mol. The molecular formula is C14H16BrFO2. The highest BCUT2D eigenvalue weighted by atomic mass is 79.9. The zero-order valence-corrected chi connectivity index (χ0v) is 12.1. The predicted molar refractivity (Wildman–Crippen MR) is 72.7 cm³/mol. The van der Waals surface area contributed by atoms with E-state index in [1.165, 1.54) is 6.07 Å². The summed E-state index contributed by atoms with van der Waals surface area (Å²) in [5.41, 5.74) is 1.14. The average Bonchev–Trinajstić information content (AvgIpc) is 2.28. The van der Waals surface area contributed by atoms with Crippen molar-refractivity contribution in [2.45, 2.75) is 20.3 Å². The van der Waals surface area contributed by atoms with Gasteiger partial charge in [0.15, 0.2) is 0 Å². The lowest BCUT2D eigenvalue weighted by molar-refractivity contribution is -0.146. The van der Waals surface area contributed by atoms with Crippen LogP contribution in [0.2, 0.25) is 0 Å². The monoisotopic (exact) mass is 314 g/mol. The molecule has 0 bridgehead atoms. The molecule has 4 heteroatoms. The summed E-state index contributed by atoms with van der Waals surface area (Å²) in [6.45, 7) is 7.57. The Morgan fingerprint density at radius 2 is 2.22 bits per heavy atom. The fourth-order valence-corrected chi connectivity index (χ4v) is 2.14. The van der Waals surface area contributed by atoms with E-state index < -0.39 is 5.92 Å².